The largest absolute Gasteiger partial charge is 0.302 e. The van der Waals surface area contributed by atoms with Crippen molar-refractivity contribution in [3.05, 3.63) is 29.8 Å². The number of likely N-dealkylation sites (tertiary alicyclic amines) is 1. The fourth-order valence-electron chi connectivity index (χ4n) is 3.10. The van der Waals surface area contributed by atoms with Crippen LogP contribution in [0.5, 0.6) is 0 Å². The first-order chi connectivity index (χ1) is 8.36. The molecule has 0 saturated carbocycles. The fourth-order valence-corrected chi connectivity index (χ4v) is 4.35. The highest BCUT2D eigenvalue weighted by Crippen LogP contribution is 2.40. The van der Waals surface area contributed by atoms with Gasteiger partial charge in [0.1, 0.15) is 0 Å². The highest BCUT2D eigenvalue weighted by atomic mass is 32.2. The first kappa shape index (κ1) is 11.6. The van der Waals surface area contributed by atoms with E-state index in [4.69, 9.17) is 0 Å². The Balaban J connectivity index is 1.64. The normalized spacial score (nSPS) is 28.5. The molecular formula is C15H21NS. The summed E-state index contributed by atoms with van der Waals surface area (Å²) in [6, 6.07) is 8.96. The second-order valence-corrected chi connectivity index (χ2v) is 6.43. The average Bonchev–Trinajstić information content (AvgIpc) is 2.97. The molecule has 0 radical (unpaired) electrons. The van der Waals surface area contributed by atoms with Crippen LogP contribution < -0.4 is 0 Å². The van der Waals surface area contributed by atoms with Crippen molar-refractivity contribution in [1.29, 1.82) is 0 Å². The minimum absolute atomic E-state index is 0.770. The number of nitrogens with zero attached hydrogens (tertiary/aromatic N) is 1. The molecule has 2 atom stereocenters. The molecule has 2 aliphatic rings. The molecule has 0 aromatic heterocycles. The zero-order chi connectivity index (χ0) is 11.7. The van der Waals surface area contributed by atoms with E-state index in [0.29, 0.717) is 0 Å². The summed E-state index contributed by atoms with van der Waals surface area (Å²) in [6.07, 6.45) is 2.77. The van der Waals surface area contributed by atoms with Gasteiger partial charge in [-0.3, -0.25) is 0 Å². The predicted molar refractivity (Wildman–Crippen MR) is 74.7 cm³/mol. The lowest BCUT2D eigenvalue weighted by Gasteiger charge is -2.20. The molecule has 3 rings (SSSR count). The average molecular weight is 247 g/mol. The topological polar surface area (TPSA) is 3.24 Å². The molecule has 0 spiro atoms. The molecule has 0 aliphatic carbocycles. The Morgan fingerprint density at radius 1 is 1.35 bits per heavy atom. The summed E-state index contributed by atoms with van der Waals surface area (Å²) < 4.78 is 0. The second kappa shape index (κ2) is 5.03. The van der Waals surface area contributed by atoms with Gasteiger partial charge in [-0.2, -0.15) is 0 Å². The summed E-state index contributed by atoms with van der Waals surface area (Å²) in [4.78, 5) is 4.20. The van der Waals surface area contributed by atoms with Gasteiger partial charge in [-0.25, -0.2) is 0 Å². The molecule has 1 saturated heterocycles. The maximum Gasteiger partial charge on any atom is 0.0108 e. The van der Waals surface area contributed by atoms with E-state index < -0.39 is 0 Å². The molecule has 0 amide bonds. The molecule has 92 valence electrons. The SMILES string of the molecule is CCC1CCN(CC2CSc3ccccc32)C1. The number of hydrogen-bond acceptors (Lipinski definition) is 2. The molecular weight excluding hydrogens is 226 g/mol. The minimum atomic E-state index is 0.770. The fraction of sp³-hybridized carbons (Fsp3) is 0.600. The molecule has 2 aliphatic heterocycles. The van der Waals surface area contributed by atoms with Crippen LogP contribution in [0.4, 0.5) is 0 Å². The molecule has 1 nitrogen and oxygen atoms in total. The van der Waals surface area contributed by atoms with Gasteiger partial charge in [-0.1, -0.05) is 31.5 Å². The Kier molecular flexibility index (Phi) is 3.44. The summed E-state index contributed by atoms with van der Waals surface area (Å²) in [6.45, 7) is 6.26. The van der Waals surface area contributed by atoms with Crippen LogP contribution in [0.2, 0.25) is 0 Å². The van der Waals surface area contributed by atoms with E-state index in [0.717, 1.165) is 11.8 Å². The quantitative estimate of drug-likeness (QED) is 0.803. The Morgan fingerprint density at radius 3 is 3.06 bits per heavy atom. The molecule has 2 unspecified atom stereocenters. The van der Waals surface area contributed by atoms with Gasteiger partial charge in [0.2, 0.25) is 0 Å². The summed E-state index contributed by atoms with van der Waals surface area (Å²) >= 11 is 2.04. The lowest BCUT2D eigenvalue weighted by Crippen LogP contribution is -2.26. The van der Waals surface area contributed by atoms with E-state index in [1.54, 1.807) is 5.56 Å². The van der Waals surface area contributed by atoms with Gasteiger partial charge >= 0.3 is 0 Å². The van der Waals surface area contributed by atoms with Gasteiger partial charge in [-0.05, 0) is 30.5 Å². The Bertz CT molecular complexity index is 390. The van der Waals surface area contributed by atoms with Crippen LogP contribution in [0.15, 0.2) is 29.2 Å². The molecule has 1 fully saturated rings. The third kappa shape index (κ3) is 2.38. The van der Waals surface area contributed by atoms with Gasteiger partial charge in [0.25, 0.3) is 0 Å². The summed E-state index contributed by atoms with van der Waals surface area (Å²) in [5.74, 6) is 3.01. The van der Waals surface area contributed by atoms with Crippen LogP contribution in [-0.4, -0.2) is 30.3 Å². The summed E-state index contributed by atoms with van der Waals surface area (Å²) in [7, 11) is 0. The molecule has 2 heteroatoms. The van der Waals surface area contributed by atoms with Gasteiger partial charge in [0, 0.05) is 29.7 Å². The van der Waals surface area contributed by atoms with Gasteiger partial charge < -0.3 is 4.90 Å². The monoisotopic (exact) mass is 247 g/mol. The molecule has 2 heterocycles. The highest BCUT2D eigenvalue weighted by molar-refractivity contribution is 7.99. The lowest BCUT2D eigenvalue weighted by molar-refractivity contribution is 0.308. The number of fused-ring (bicyclic) bond motifs is 1. The summed E-state index contributed by atoms with van der Waals surface area (Å²) in [5.41, 5.74) is 1.59. The summed E-state index contributed by atoms with van der Waals surface area (Å²) in [5, 5.41) is 0. The molecule has 1 aromatic carbocycles. The third-order valence-corrected chi connectivity index (χ3v) is 5.48. The van der Waals surface area contributed by atoms with Crippen molar-refractivity contribution in [2.24, 2.45) is 5.92 Å². The number of thioether (sulfide) groups is 1. The van der Waals surface area contributed by atoms with Crippen LogP contribution in [-0.2, 0) is 0 Å². The number of hydrogen-bond donors (Lipinski definition) is 0. The van der Waals surface area contributed by atoms with Gasteiger partial charge in [0.05, 0.1) is 0 Å². The van der Waals surface area contributed by atoms with E-state index >= 15 is 0 Å². The Labute approximate surface area is 109 Å². The second-order valence-electron chi connectivity index (χ2n) is 5.37. The first-order valence-electron chi connectivity index (χ1n) is 6.81. The van der Waals surface area contributed by atoms with Crippen LogP contribution in [0.25, 0.3) is 0 Å². The lowest BCUT2D eigenvalue weighted by atomic mass is 10.0. The van der Waals surface area contributed by atoms with Crippen molar-refractivity contribution in [3.63, 3.8) is 0 Å². The maximum atomic E-state index is 2.68. The van der Waals surface area contributed by atoms with Crippen molar-refractivity contribution in [1.82, 2.24) is 4.90 Å². The van der Waals surface area contributed by atoms with Gasteiger partial charge in [-0.15, -0.1) is 11.8 Å². The van der Waals surface area contributed by atoms with Crippen LogP contribution in [0.1, 0.15) is 31.2 Å². The van der Waals surface area contributed by atoms with E-state index in [1.165, 1.54) is 43.1 Å². The highest BCUT2D eigenvalue weighted by Gasteiger charge is 2.28. The Hall–Kier alpha value is -0.470. The minimum Gasteiger partial charge on any atom is -0.302 e. The molecule has 17 heavy (non-hydrogen) atoms. The standard InChI is InChI=1S/C15H21NS/c1-2-12-7-8-16(9-12)10-13-11-17-15-6-4-3-5-14(13)15/h3-6,12-13H,2,7-11H2,1H3. The van der Waals surface area contributed by atoms with Crippen molar-refractivity contribution in [3.8, 4) is 0 Å². The number of rotatable bonds is 3. The molecule has 0 N–H and O–H groups in total. The van der Waals surface area contributed by atoms with Crippen LogP contribution in [0, 0.1) is 5.92 Å². The van der Waals surface area contributed by atoms with E-state index in [9.17, 15) is 0 Å². The zero-order valence-corrected chi connectivity index (χ0v) is 11.4. The molecule has 0 bridgehead atoms. The third-order valence-electron chi connectivity index (χ3n) is 4.22. The maximum absolute atomic E-state index is 2.68. The van der Waals surface area contributed by atoms with Crippen molar-refractivity contribution < 1.29 is 0 Å². The van der Waals surface area contributed by atoms with E-state index in [1.807, 2.05) is 11.8 Å². The Morgan fingerprint density at radius 2 is 2.24 bits per heavy atom. The predicted octanol–water partition coefficient (Wildman–Crippen LogP) is 3.61. The van der Waals surface area contributed by atoms with E-state index in [-0.39, 0.29) is 0 Å². The first-order valence-corrected chi connectivity index (χ1v) is 7.79. The zero-order valence-electron chi connectivity index (χ0n) is 10.6. The van der Waals surface area contributed by atoms with Gasteiger partial charge in [0.15, 0.2) is 0 Å². The molecule has 1 aromatic rings. The van der Waals surface area contributed by atoms with Crippen LogP contribution in [0.3, 0.4) is 0 Å². The smallest absolute Gasteiger partial charge is 0.0108 e. The van der Waals surface area contributed by atoms with Crippen molar-refractivity contribution >= 4 is 11.8 Å². The number of benzene rings is 1. The van der Waals surface area contributed by atoms with E-state index in [2.05, 4.69) is 36.1 Å². The van der Waals surface area contributed by atoms with Crippen molar-refractivity contribution in [2.75, 3.05) is 25.4 Å². The van der Waals surface area contributed by atoms with Crippen LogP contribution >= 0.6 is 11.8 Å². The van der Waals surface area contributed by atoms with Crippen molar-refractivity contribution in [2.45, 2.75) is 30.6 Å².